The fourth-order valence-corrected chi connectivity index (χ4v) is 6.69. The van der Waals surface area contributed by atoms with E-state index in [4.69, 9.17) is 5.11 Å². The number of nitrogens with zero attached hydrogens (tertiary/aromatic N) is 2. The molecule has 5 rings (SSSR count). The molecule has 1 aromatic heterocycles. The Balaban J connectivity index is 1.47. The minimum atomic E-state index is -0.770. The number of ketones is 1. The van der Waals surface area contributed by atoms with E-state index in [0.717, 1.165) is 52.5 Å². The topological polar surface area (TPSA) is 81.7 Å². The third kappa shape index (κ3) is 4.45. The number of aliphatic hydroxyl groups excluding tert-OH is 1. The molecule has 2 heterocycles. The zero-order valence-electron chi connectivity index (χ0n) is 22.0. The predicted octanol–water partition coefficient (Wildman–Crippen LogP) is 6.31. The maximum atomic E-state index is 13.3. The number of benzene rings is 2. The summed E-state index contributed by atoms with van der Waals surface area (Å²) in [5.74, 6) is -0.882. The first-order valence-electron chi connectivity index (χ1n) is 13.2. The molecule has 0 spiro atoms. The number of carboxylic acids is 1. The van der Waals surface area contributed by atoms with Crippen molar-refractivity contribution in [1.82, 2.24) is 0 Å². The molecular weight excluding hydrogens is 496 g/mol. The number of hydrogen-bond donors (Lipinski definition) is 2. The number of thiazole rings is 1. The standard InChI is InChI=1S/C31H32N2O4S/c1-4-32-24-14-9-10-15-25(24)38-27(32)19-21-29(36)20(30(21)37)18-26-31(2,3)22-12-7-8-13-23(22)33(26)17-11-5-6-16-28(34)35/h7-10,12-15,18-19H,4-6,11,16-17H2,1-3H3,(H-,34,35,36,37)/p+1. The van der Waals surface area contributed by atoms with Crippen LogP contribution in [0.15, 0.2) is 77.2 Å². The molecule has 0 bridgehead atoms. The van der Waals surface area contributed by atoms with Crippen LogP contribution in [0.1, 0.15) is 57.0 Å². The summed E-state index contributed by atoms with van der Waals surface area (Å²) in [7, 11) is 0. The molecule has 0 fully saturated rings. The molecule has 0 atom stereocenters. The van der Waals surface area contributed by atoms with E-state index in [0.29, 0.717) is 17.6 Å². The highest BCUT2D eigenvalue weighted by Crippen LogP contribution is 2.49. The van der Waals surface area contributed by atoms with Gasteiger partial charge in [0.15, 0.2) is 0 Å². The first-order valence-corrected chi connectivity index (χ1v) is 14.0. The molecule has 6 nitrogen and oxygen atoms in total. The van der Waals surface area contributed by atoms with Crippen molar-refractivity contribution in [3.8, 4) is 0 Å². The predicted molar refractivity (Wildman–Crippen MR) is 151 cm³/mol. The van der Waals surface area contributed by atoms with Gasteiger partial charge in [-0.1, -0.05) is 61.9 Å². The highest BCUT2D eigenvalue weighted by Gasteiger charge is 2.42. The monoisotopic (exact) mass is 529 g/mol. The van der Waals surface area contributed by atoms with Crippen LogP contribution in [0.2, 0.25) is 0 Å². The molecule has 2 N–H and O–H groups in total. The van der Waals surface area contributed by atoms with Crippen LogP contribution in [0, 0.1) is 0 Å². The first kappa shape index (κ1) is 25.9. The number of rotatable bonds is 9. The van der Waals surface area contributed by atoms with Crippen molar-refractivity contribution in [1.29, 1.82) is 0 Å². The Morgan fingerprint density at radius 3 is 2.53 bits per heavy atom. The number of para-hydroxylation sites is 2. The van der Waals surface area contributed by atoms with E-state index in [1.807, 2.05) is 36.4 Å². The highest BCUT2D eigenvalue weighted by atomic mass is 32.1. The molecule has 0 saturated heterocycles. The number of fused-ring (bicyclic) bond motifs is 2. The van der Waals surface area contributed by atoms with Crippen LogP contribution in [-0.4, -0.2) is 28.5 Å². The number of carbonyl (C=O) groups is 2. The number of carbonyl (C=O) groups excluding carboxylic acids is 1. The molecule has 2 aromatic carbocycles. The number of carboxylic acid groups (broad SMARTS) is 1. The van der Waals surface area contributed by atoms with Crippen LogP contribution in [0.25, 0.3) is 16.3 Å². The lowest BCUT2D eigenvalue weighted by atomic mass is 9.80. The Morgan fingerprint density at radius 2 is 1.79 bits per heavy atom. The van der Waals surface area contributed by atoms with Gasteiger partial charge in [-0.05, 0) is 43.5 Å². The van der Waals surface area contributed by atoms with Crippen molar-refractivity contribution in [2.24, 2.45) is 0 Å². The highest BCUT2D eigenvalue weighted by molar-refractivity contribution is 7.18. The number of aryl methyl sites for hydroxylation is 1. The second kappa shape index (κ2) is 10.2. The minimum absolute atomic E-state index is 0.0378. The van der Waals surface area contributed by atoms with Crippen LogP contribution >= 0.6 is 11.3 Å². The lowest BCUT2D eigenvalue weighted by Crippen LogP contribution is -2.34. The summed E-state index contributed by atoms with van der Waals surface area (Å²) < 4.78 is 3.30. The summed E-state index contributed by atoms with van der Waals surface area (Å²) in [6.45, 7) is 7.84. The molecule has 0 saturated carbocycles. The number of aliphatic carboxylic acids is 1. The van der Waals surface area contributed by atoms with E-state index in [1.165, 1.54) is 5.56 Å². The van der Waals surface area contributed by atoms with E-state index in [2.05, 4.69) is 54.5 Å². The van der Waals surface area contributed by atoms with Gasteiger partial charge in [-0.25, -0.2) is 0 Å². The van der Waals surface area contributed by atoms with Crippen molar-refractivity contribution in [2.45, 2.75) is 58.4 Å². The maximum absolute atomic E-state index is 13.3. The van der Waals surface area contributed by atoms with Crippen molar-refractivity contribution >= 4 is 45.1 Å². The van der Waals surface area contributed by atoms with Crippen molar-refractivity contribution < 1.29 is 24.4 Å². The average molecular weight is 530 g/mol. The first-order chi connectivity index (χ1) is 18.2. The molecule has 0 radical (unpaired) electrons. The zero-order chi connectivity index (χ0) is 27.0. The summed E-state index contributed by atoms with van der Waals surface area (Å²) in [6, 6.07) is 16.4. The van der Waals surface area contributed by atoms with Crippen LogP contribution in [0.3, 0.4) is 0 Å². The van der Waals surface area contributed by atoms with Gasteiger partial charge in [0.25, 0.3) is 5.01 Å². The number of Topliss-reactive ketones (excluding diaryl/α,β-unsaturated/α-hetero) is 1. The van der Waals surface area contributed by atoms with Crippen LogP contribution in [-0.2, 0) is 21.5 Å². The van der Waals surface area contributed by atoms with Crippen LogP contribution < -0.4 is 9.47 Å². The SMILES string of the molecule is CC[n+]1c(/C=C2\C(=O)C(C=C3N(CCCCCC(=O)O)c4ccccc4C3(C)C)=C2O)sc2ccccc21. The molecule has 196 valence electrons. The molecule has 3 aromatic rings. The number of aliphatic hydroxyl groups is 1. The number of hydrogen-bond acceptors (Lipinski definition) is 5. The molecule has 0 unspecified atom stereocenters. The number of unbranched alkanes of at least 4 members (excludes halogenated alkanes) is 2. The Labute approximate surface area is 226 Å². The molecule has 7 heteroatoms. The van der Waals surface area contributed by atoms with Crippen molar-refractivity contribution in [3.63, 3.8) is 0 Å². The second-order valence-electron chi connectivity index (χ2n) is 10.3. The lowest BCUT2D eigenvalue weighted by molar-refractivity contribution is -0.665. The summed E-state index contributed by atoms with van der Waals surface area (Å²) in [5, 5.41) is 20.9. The van der Waals surface area contributed by atoms with Gasteiger partial charge in [-0.15, -0.1) is 0 Å². The Hall–Kier alpha value is -3.71. The van der Waals surface area contributed by atoms with Gasteiger partial charge in [0.1, 0.15) is 17.0 Å². The zero-order valence-corrected chi connectivity index (χ0v) is 22.8. The maximum Gasteiger partial charge on any atom is 0.303 e. The van der Waals surface area contributed by atoms with E-state index in [9.17, 15) is 14.7 Å². The van der Waals surface area contributed by atoms with Crippen LogP contribution in [0.4, 0.5) is 5.69 Å². The summed E-state index contributed by atoms with van der Waals surface area (Å²) in [6.07, 6.45) is 6.12. The van der Waals surface area contributed by atoms with E-state index < -0.39 is 5.97 Å². The third-order valence-electron chi connectivity index (χ3n) is 7.57. The molecule has 0 amide bonds. The lowest BCUT2D eigenvalue weighted by Gasteiger charge is -2.29. The number of anilines is 1. The van der Waals surface area contributed by atoms with Crippen molar-refractivity contribution in [2.75, 3.05) is 11.4 Å². The Morgan fingerprint density at radius 1 is 1.05 bits per heavy atom. The molecule has 1 aliphatic carbocycles. The quantitative estimate of drug-likeness (QED) is 0.193. The molecule has 1 aliphatic heterocycles. The van der Waals surface area contributed by atoms with Gasteiger partial charge in [0.2, 0.25) is 11.3 Å². The van der Waals surface area contributed by atoms with Gasteiger partial charge in [-0.3, -0.25) is 9.59 Å². The summed E-state index contributed by atoms with van der Waals surface area (Å²) in [5.41, 5.74) is 4.70. The van der Waals surface area contributed by atoms with Gasteiger partial charge in [0.05, 0.1) is 11.1 Å². The Bertz CT molecular complexity index is 1530. The molecule has 38 heavy (non-hydrogen) atoms. The molecular formula is C31H33N2O4S+. The largest absolute Gasteiger partial charge is 0.506 e. The van der Waals surface area contributed by atoms with E-state index in [-0.39, 0.29) is 23.4 Å². The van der Waals surface area contributed by atoms with Crippen LogP contribution in [0.5, 0.6) is 0 Å². The second-order valence-corrected chi connectivity index (χ2v) is 11.4. The van der Waals surface area contributed by atoms with Crippen molar-refractivity contribution in [3.05, 3.63) is 87.8 Å². The number of aromatic nitrogens is 1. The minimum Gasteiger partial charge on any atom is -0.506 e. The van der Waals surface area contributed by atoms with E-state index in [1.54, 1.807) is 11.3 Å². The Kier molecular flexibility index (Phi) is 6.97. The third-order valence-corrected chi connectivity index (χ3v) is 8.69. The summed E-state index contributed by atoms with van der Waals surface area (Å²) >= 11 is 1.61. The summed E-state index contributed by atoms with van der Waals surface area (Å²) in [4.78, 5) is 26.4. The smallest absolute Gasteiger partial charge is 0.303 e. The van der Waals surface area contributed by atoms with Gasteiger partial charge >= 0.3 is 5.97 Å². The van der Waals surface area contributed by atoms with Gasteiger partial charge in [-0.2, -0.15) is 4.57 Å². The van der Waals surface area contributed by atoms with Gasteiger partial charge in [0, 0.05) is 41.9 Å². The van der Waals surface area contributed by atoms with Gasteiger partial charge < -0.3 is 15.1 Å². The fourth-order valence-electron chi connectivity index (χ4n) is 5.52. The normalized spacial score (nSPS) is 18.5. The average Bonchev–Trinajstić information content (AvgIpc) is 3.36. The fraction of sp³-hybridized carbons (Fsp3) is 0.323. The molecule has 2 aliphatic rings. The van der Waals surface area contributed by atoms with E-state index >= 15 is 0 Å². The number of allylic oxidation sites excluding steroid dienone is 4.